The van der Waals surface area contributed by atoms with Gasteiger partial charge < -0.3 is 10.2 Å². The molecule has 3 rings (SSSR count). The molecule has 5 nitrogen and oxygen atoms in total. The van der Waals surface area contributed by atoms with Gasteiger partial charge in [-0.05, 0) is 44.9 Å². The Morgan fingerprint density at radius 2 is 1.92 bits per heavy atom. The molecule has 0 atom stereocenters. The molecule has 2 aromatic rings. The maximum atomic E-state index is 12.3. The van der Waals surface area contributed by atoms with E-state index < -0.39 is 0 Å². The predicted octanol–water partition coefficient (Wildman–Crippen LogP) is 3.29. The van der Waals surface area contributed by atoms with Crippen LogP contribution in [0.25, 0.3) is 6.08 Å². The van der Waals surface area contributed by atoms with Gasteiger partial charge in [-0.15, -0.1) is 0 Å². The highest BCUT2D eigenvalue weighted by molar-refractivity contribution is 6.03. The van der Waals surface area contributed by atoms with Gasteiger partial charge in [-0.3, -0.25) is 9.48 Å². The van der Waals surface area contributed by atoms with Crippen molar-refractivity contribution in [2.75, 3.05) is 23.3 Å². The Bertz CT molecular complexity index is 770. The van der Waals surface area contributed by atoms with Crippen molar-refractivity contribution < 1.29 is 4.79 Å². The van der Waals surface area contributed by atoms with Crippen LogP contribution in [0.1, 0.15) is 29.8 Å². The number of aryl methyl sites for hydroxylation is 2. The fourth-order valence-corrected chi connectivity index (χ4v) is 3.18. The van der Waals surface area contributed by atoms with E-state index in [1.54, 1.807) is 6.08 Å². The molecule has 126 valence electrons. The number of hydrogen-bond donors (Lipinski definition) is 1. The van der Waals surface area contributed by atoms with Crippen molar-refractivity contribution in [3.63, 3.8) is 0 Å². The molecule has 1 fully saturated rings. The van der Waals surface area contributed by atoms with E-state index in [1.165, 1.54) is 12.8 Å². The van der Waals surface area contributed by atoms with E-state index in [0.29, 0.717) is 0 Å². The summed E-state index contributed by atoms with van der Waals surface area (Å²) in [6.07, 6.45) is 5.84. The Hall–Kier alpha value is -2.56. The van der Waals surface area contributed by atoms with Crippen molar-refractivity contribution in [2.24, 2.45) is 7.05 Å². The third kappa shape index (κ3) is 3.35. The molecular formula is C19H24N4O. The number of para-hydroxylation sites is 2. The summed E-state index contributed by atoms with van der Waals surface area (Å²) in [6, 6.07) is 8.00. The lowest BCUT2D eigenvalue weighted by molar-refractivity contribution is -0.111. The quantitative estimate of drug-likeness (QED) is 0.878. The summed E-state index contributed by atoms with van der Waals surface area (Å²) in [5.74, 6) is -0.121. The summed E-state index contributed by atoms with van der Waals surface area (Å²) >= 11 is 0. The zero-order valence-corrected chi connectivity index (χ0v) is 14.5. The molecule has 1 aliphatic heterocycles. The van der Waals surface area contributed by atoms with Gasteiger partial charge in [0.15, 0.2) is 0 Å². The number of hydrogen-bond acceptors (Lipinski definition) is 3. The summed E-state index contributed by atoms with van der Waals surface area (Å²) < 4.78 is 1.83. The molecule has 0 spiro atoms. The highest BCUT2D eigenvalue weighted by Gasteiger charge is 2.16. The van der Waals surface area contributed by atoms with E-state index in [0.717, 1.165) is 41.4 Å². The average molecular weight is 324 g/mol. The van der Waals surface area contributed by atoms with Crippen LogP contribution in [-0.4, -0.2) is 28.8 Å². The van der Waals surface area contributed by atoms with Crippen LogP contribution in [0.15, 0.2) is 30.3 Å². The number of rotatable bonds is 4. The minimum absolute atomic E-state index is 0.121. The van der Waals surface area contributed by atoms with Crippen LogP contribution in [0.4, 0.5) is 11.4 Å². The first-order valence-electron chi connectivity index (χ1n) is 8.39. The van der Waals surface area contributed by atoms with Gasteiger partial charge in [0.05, 0.1) is 17.1 Å². The molecule has 0 radical (unpaired) electrons. The minimum Gasteiger partial charge on any atom is -0.370 e. The summed E-state index contributed by atoms with van der Waals surface area (Å²) in [5.41, 5.74) is 4.95. The first kappa shape index (κ1) is 16.3. The van der Waals surface area contributed by atoms with Gasteiger partial charge in [-0.25, -0.2) is 0 Å². The van der Waals surface area contributed by atoms with Gasteiger partial charge in [0, 0.05) is 37.5 Å². The van der Waals surface area contributed by atoms with Crippen LogP contribution < -0.4 is 10.2 Å². The largest absolute Gasteiger partial charge is 0.370 e. The van der Waals surface area contributed by atoms with Crippen molar-refractivity contribution in [1.82, 2.24) is 9.78 Å². The summed E-state index contributed by atoms with van der Waals surface area (Å²) in [7, 11) is 1.91. The average Bonchev–Trinajstić information content (AvgIpc) is 3.16. The van der Waals surface area contributed by atoms with E-state index in [9.17, 15) is 4.79 Å². The van der Waals surface area contributed by atoms with Crippen LogP contribution in [0, 0.1) is 13.8 Å². The number of nitrogens with zero attached hydrogens (tertiary/aromatic N) is 3. The molecule has 1 N–H and O–H groups in total. The fraction of sp³-hybridized carbons (Fsp3) is 0.368. The van der Waals surface area contributed by atoms with Crippen LogP contribution in [0.5, 0.6) is 0 Å². The minimum atomic E-state index is -0.121. The van der Waals surface area contributed by atoms with Gasteiger partial charge in [-0.2, -0.15) is 5.10 Å². The first-order chi connectivity index (χ1) is 11.6. The topological polar surface area (TPSA) is 50.2 Å². The third-order valence-corrected chi connectivity index (χ3v) is 4.58. The van der Waals surface area contributed by atoms with Crippen molar-refractivity contribution in [3.05, 3.63) is 47.3 Å². The van der Waals surface area contributed by atoms with Gasteiger partial charge in [-0.1, -0.05) is 12.1 Å². The maximum Gasteiger partial charge on any atom is 0.248 e. The highest BCUT2D eigenvalue weighted by atomic mass is 16.1. The van der Waals surface area contributed by atoms with Gasteiger partial charge >= 0.3 is 0 Å². The standard InChI is InChI=1S/C19H24N4O/c1-14-16(15(2)22(3)21-14)10-11-19(24)20-17-8-4-5-9-18(17)23-12-6-7-13-23/h4-5,8-11H,6-7,12-13H2,1-3H3,(H,20,24)/b11-10+. The Morgan fingerprint density at radius 3 is 2.58 bits per heavy atom. The SMILES string of the molecule is Cc1nn(C)c(C)c1/C=C/C(=O)Nc1ccccc1N1CCCC1. The molecule has 5 heteroatoms. The number of anilines is 2. The predicted molar refractivity (Wildman–Crippen MR) is 98.2 cm³/mol. The number of amides is 1. The first-order valence-corrected chi connectivity index (χ1v) is 8.39. The fourth-order valence-electron chi connectivity index (χ4n) is 3.18. The monoisotopic (exact) mass is 324 g/mol. The van der Waals surface area contributed by atoms with E-state index in [2.05, 4.69) is 21.4 Å². The molecule has 0 unspecified atom stereocenters. The van der Waals surface area contributed by atoms with E-state index in [4.69, 9.17) is 0 Å². The van der Waals surface area contributed by atoms with Crippen molar-refractivity contribution in [2.45, 2.75) is 26.7 Å². The number of carbonyl (C=O) groups excluding carboxylic acids is 1. The lowest BCUT2D eigenvalue weighted by Crippen LogP contribution is -2.20. The Labute approximate surface area is 143 Å². The Morgan fingerprint density at radius 1 is 1.21 bits per heavy atom. The maximum absolute atomic E-state index is 12.3. The highest BCUT2D eigenvalue weighted by Crippen LogP contribution is 2.28. The zero-order chi connectivity index (χ0) is 17.1. The van der Waals surface area contributed by atoms with E-state index >= 15 is 0 Å². The second kappa shape index (κ2) is 6.91. The summed E-state index contributed by atoms with van der Waals surface area (Å²) in [5, 5.41) is 7.37. The molecule has 1 amide bonds. The van der Waals surface area contributed by atoms with Crippen LogP contribution >= 0.6 is 0 Å². The Balaban J connectivity index is 1.74. The Kier molecular flexibility index (Phi) is 4.69. The van der Waals surface area contributed by atoms with Gasteiger partial charge in [0.2, 0.25) is 5.91 Å². The smallest absolute Gasteiger partial charge is 0.248 e. The molecule has 1 saturated heterocycles. The molecule has 1 aromatic heterocycles. The van der Waals surface area contributed by atoms with Crippen LogP contribution in [0.2, 0.25) is 0 Å². The van der Waals surface area contributed by atoms with E-state index in [1.807, 2.05) is 49.9 Å². The molecule has 2 heterocycles. The molecule has 0 saturated carbocycles. The summed E-state index contributed by atoms with van der Waals surface area (Å²) in [6.45, 7) is 6.06. The second-order valence-electron chi connectivity index (χ2n) is 6.24. The molecule has 0 aliphatic carbocycles. The lowest BCUT2D eigenvalue weighted by Gasteiger charge is -2.21. The van der Waals surface area contributed by atoms with Gasteiger partial charge in [0.25, 0.3) is 0 Å². The number of aromatic nitrogens is 2. The normalized spacial score (nSPS) is 14.5. The third-order valence-electron chi connectivity index (χ3n) is 4.58. The van der Waals surface area contributed by atoms with Crippen molar-refractivity contribution >= 4 is 23.4 Å². The van der Waals surface area contributed by atoms with Crippen molar-refractivity contribution in [1.29, 1.82) is 0 Å². The van der Waals surface area contributed by atoms with E-state index in [-0.39, 0.29) is 5.91 Å². The molecule has 24 heavy (non-hydrogen) atoms. The molecule has 0 bridgehead atoms. The number of benzene rings is 1. The van der Waals surface area contributed by atoms with Crippen LogP contribution in [-0.2, 0) is 11.8 Å². The number of carbonyl (C=O) groups is 1. The molecule has 1 aliphatic rings. The lowest BCUT2D eigenvalue weighted by atomic mass is 10.2. The zero-order valence-electron chi connectivity index (χ0n) is 14.5. The number of nitrogens with one attached hydrogen (secondary N) is 1. The molecular weight excluding hydrogens is 300 g/mol. The second-order valence-corrected chi connectivity index (χ2v) is 6.24. The summed E-state index contributed by atoms with van der Waals surface area (Å²) in [4.78, 5) is 14.7. The van der Waals surface area contributed by atoms with Crippen molar-refractivity contribution in [3.8, 4) is 0 Å². The molecule has 1 aromatic carbocycles. The van der Waals surface area contributed by atoms with Crippen LogP contribution in [0.3, 0.4) is 0 Å². The van der Waals surface area contributed by atoms with Gasteiger partial charge in [0.1, 0.15) is 0 Å².